The van der Waals surface area contributed by atoms with E-state index in [9.17, 15) is 0 Å². The maximum absolute atomic E-state index is 6.43. The highest BCUT2D eigenvalue weighted by Gasteiger charge is 2.37. The summed E-state index contributed by atoms with van der Waals surface area (Å²) < 4.78 is 0. The highest BCUT2D eigenvalue weighted by atomic mass is 35.5. The first-order valence-electron chi connectivity index (χ1n) is 7.26. The normalized spacial score (nSPS) is 20.2. The Morgan fingerprint density at radius 2 is 1.89 bits per heavy atom. The van der Waals surface area contributed by atoms with E-state index in [0.29, 0.717) is 16.1 Å². The van der Waals surface area contributed by atoms with E-state index >= 15 is 0 Å². The van der Waals surface area contributed by atoms with Crippen LogP contribution in [0, 0.1) is 5.41 Å². The molecule has 0 bridgehead atoms. The Kier molecular flexibility index (Phi) is 5.16. The van der Waals surface area contributed by atoms with Crippen LogP contribution in [0.4, 0.5) is 0 Å². The summed E-state index contributed by atoms with van der Waals surface area (Å²) in [7, 11) is 0. The molecule has 1 atom stereocenters. The SMILES string of the molecule is CCNC(c1cccc(Cl)c1Cl)C1(C)CCCCC1. The van der Waals surface area contributed by atoms with Gasteiger partial charge in [0.15, 0.2) is 0 Å². The zero-order chi connectivity index (χ0) is 13.9. The van der Waals surface area contributed by atoms with E-state index in [1.54, 1.807) is 0 Å². The van der Waals surface area contributed by atoms with Gasteiger partial charge in [-0.05, 0) is 36.4 Å². The number of halogens is 2. The molecule has 3 heteroatoms. The van der Waals surface area contributed by atoms with Gasteiger partial charge in [0.1, 0.15) is 0 Å². The average Bonchev–Trinajstić information content (AvgIpc) is 2.40. The molecular formula is C16H23Cl2N. The first-order valence-corrected chi connectivity index (χ1v) is 8.01. The van der Waals surface area contributed by atoms with Crippen LogP contribution in [-0.2, 0) is 0 Å². The van der Waals surface area contributed by atoms with Gasteiger partial charge in [-0.3, -0.25) is 0 Å². The van der Waals surface area contributed by atoms with Crippen molar-refractivity contribution in [3.63, 3.8) is 0 Å². The van der Waals surface area contributed by atoms with Crippen LogP contribution in [0.15, 0.2) is 18.2 Å². The standard InChI is InChI=1S/C16H23Cl2N/c1-3-19-15(16(2)10-5-4-6-11-16)12-8-7-9-13(17)14(12)18/h7-9,15,19H,3-6,10-11H2,1-2H3. The third-order valence-corrected chi connectivity index (χ3v) is 5.23. The molecule has 0 aromatic heterocycles. The molecule has 0 saturated heterocycles. The fourth-order valence-corrected chi connectivity index (χ4v) is 3.74. The molecule has 1 aromatic rings. The molecule has 1 saturated carbocycles. The van der Waals surface area contributed by atoms with Gasteiger partial charge in [-0.15, -0.1) is 0 Å². The molecule has 19 heavy (non-hydrogen) atoms. The second kappa shape index (κ2) is 6.47. The van der Waals surface area contributed by atoms with E-state index in [1.807, 2.05) is 12.1 Å². The molecule has 2 rings (SSSR count). The van der Waals surface area contributed by atoms with E-state index < -0.39 is 0 Å². The van der Waals surface area contributed by atoms with Crippen LogP contribution in [0.3, 0.4) is 0 Å². The molecule has 1 aliphatic rings. The van der Waals surface area contributed by atoms with Gasteiger partial charge in [0.25, 0.3) is 0 Å². The van der Waals surface area contributed by atoms with Crippen LogP contribution >= 0.6 is 23.2 Å². The molecule has 0 aliphatic heterocycles. The Hall–Kier alpha value is -0.240. The van der Waals surface area contributed by atoms with Crippen LogP contribution in [0.1, 0.15) is 57.6 Å². The lowest BCUT2D eigenvalue weighted by atomic mass is 9.68. The zero-order valence-corrected chi connectivity index (χ0v) is 13.3. The lowest BCUT2D eigenvalue weighted by Crippen LogP contribution is -2.38. The van der Waals surface area contributed by atoms with Crippen LogP contribution in [0.5, 0.6) is 0 Å². The van der Waals surface area contributed by atoms with Crippen LogP contribution in [0.25, 0.3) is 0 Å². The number of nitrogens with one attached hydrogen (secondary N) is 1. The summed E-state index contributed by atoms with van der Waals surface area (Å²) in [6.45, 7) is 5.48. The average molecular weight is 300 g/mol. The van der Waals surface area contributed by atoms with Crippen LogP contribution in [0.2, 0.25) is 10.0 Å². The van der Waals surface area contributed by atoms with Crippen molar-refractivity contribution >= 4 is 23.2 Å². The minimum absolute atomic E-state index is 0.280. The lowest BCUT2D eigenvalue weighted by molar-refractivity contribution is 0.146. The van der Waals surface area contributed by atoms with E-state index in [4.69, 9.17) is 23.2 Å². The Labute approximate surface area is 126 Å². The predicted octanol–water partition coefficient (Wildman–Crippen LogP) is 5.61. The molecule has 1 N–H and O–H groups in total. The number of hydrogen-bond acceptors (Lipinski definition) is 1. The van der Waals surface area contributed by atoms with Crippen molar-refractivity contribution in [1.82, 2.24) is 5.32 Å². The second-order valence-corrected chi connectivity index (χ2v) is 6.63. The molecule has 1 unspecified atom stereocenters. The summed E-state index contributed by atoms with van der Waals surface area (Å²) in [5.74, 6) is 0. The quantitative estimate of drug-likeness (QED) is 0.761. The van der Waals surface area contributed by atoms with Crippen LogP contribution in [-0.4, -0.2) is 6.54 Å². The highest BCUT2D eigenvalue weighted by Crippen LogP contribution is 2.47. The molecule has 1 nitrogen and oxygen atoms in total. The maximum atomic E-state index is 6.43. The summed E-state index contributed by atoms with van der Waals surface area (Å²) >= 11 is 12.6. The first kappa shape index (κ1) is 15.2. The predicted molar refractivity (Wildman–Crippen MR) is 84.1 cm³/mol. The lowest BCUT2D eigenvalue weighted by Gasteiger charge is -2.42. The van der Waals surface area contributed by atoms with Crippen molar-refractivity contribution in [1.29, 1.82) is 0 Å². The van der Waals surface area contributed by atoms with Gasteiger partial charge in [0, 0.05) is 6.04 Å². The van der Waals surface area contributed by atoms with E-state index in [-0.39, 0.29) is 5.41 Å². The van der Waals surface area contributed by atoms with Gasteiger partial charge in [0.05, 0.1) is 10.0 Å². The molecule has 106 valence electrons. The van der Waals surface area contributed by atoms with E-state index in [2.05, 4.69) is 25.2 Å². The summed E-state index contributed by atoms with van der Waals surface area (Å²) in [5, 5.41) is 5.00. The molecule has 1 fully saturated rings. The van der Waals surface area contributed by atoms with E-state index in [1.165, 1.54) is 32.1 Å². The van der Waals surface area contributed by atoms with Crippen molar-refractivity contribution < 1.29 is 0 Å². The van der Waals surface area contributed by atoms with E-state index in [0.717, 1.165) is 12.1 Å². The number of benzene rings is 1. The zero-order valence-electron chi connectivity index (χ0n) is 11.8. The molecule has 0 radical (unpaired) electrons. The number of hydrogen-bond donors (Lipinski definition) is 1. The fraction of sp³-hybridized carbons (Fsp3) is 0.625. The summed E-state index contributed by atoms with van der Waals surface area (Å²) in [6, 6.07) is 6.27. The summed E-state index contributed by atoms with van der Waals surface area (Å²) in [5.41, 5.74) is 1.43. The third kappa shape index (κ3) is 3.26. The van der Waals surface area contributed by atoms with Gasteiger partial charge in [0.2, 0.25) is 0 Å². The summed E-state index contributed by atoms with van der Waals surface area (Å²) in [6.07, 6.45) is 6.51. The third-order valence-electron chi connectivity index (χ3n) is 4.39. The largest absolute Gasteiger partial charge is 0.310 e. The minimum Gasteiger partial charge on any atom is -0.310 e. The molecule has 0 spiro atoms. The molecule has 0 heterocycles. The molecule has 0 amide bonds. The fourth-order valence-electron chi connectivity index (χ4n) is 3.33. The molecular weight excluding hydrogens is 277 g/mol. The number of rotatable bonds is 4. The van der Waals surface area contributed by atoms with Crippen molar-refractivity contribution in [2.24, 2.45) is 5.41 Å². The smallest absolute Gasteiger partial charge is 0.0640 e. The molecule has 1 aliphatic carbocycles. The van der Waals surface area contributed by atoms with Gasteiger partial charge in [-0.2, -0.15) is 0 Å². The Balaban J connectivity index is 2.36. The van der Waals surface area contributed by atoms with Crippen LogP contribution < -0.4 is 5.32 Å². The van der Waals surface area contributed by atoms with Crippen molar-refractivity contribution in [2.45, 2.75) is 52.0 Å². The van der Waals surface area contributed by atoms with Crippen molar-refractivity contribution in [3.8, 4) is 0 Å². The monoisotopic (exact) mass is 299 g/mol. The van der Waals surface area contributed by atoms with Crippen molar-refractivity contribution in [3.05, 3.63) is 33.8 Å². The Morgan fingerprint density at radius 1 is 1.21 bits per heavy atom. The minimum atomic E-state index is 0.280. The van der Waals surface area contributed by atoms with Gasteiger partial charge in [-0.1, -0.05) is 68.4 Å². The Morgan fingerprint density at radius 3 is 2.53 bits per heavy atom. The highest BCUT2D eigenvalue weighted by molar-refractivity contribution is 6.42. The Bertz CT molecular complexity index is 425. The van der Waals surface area contributed by atoms with Gasteiger partial charge in [-0.25, -0.2) is 0 Å². The molecule has 1 aromatic carbocycles. The first-order chi connectivity index (χ1) is 9.08. The van der Waals surface area contributed by atoms with Crippen molar-refractivity contribution in [2.75, 3.05) is 6.54 Å². The maximum Gasteiger partial charge on any atom is 0.0640 e. The topological polar surface area (TPSA) is 12.0 Å². The van der Waals surface area contributed by atoms with Gasteiger partial charge >= 0.3 is 0 Å². The second-order valence-electron chi connectivity index (χ2n) is 5.85. The summed E-state index contributed by atoms with van der Waals surface area (Å²) in [4.78, 5) is 0. The van der Waals surface area contributed by atoms with Gasteiger partial charge < -0.3 is 5.32 Å².